The van der Waals surface area contributed by atoms with Crippen molar-refractivity contribution < 1.29 is 5.11 Å². The molecule has 196 valence electrons. The maximum Gasteiger partial charge on any atom is 0.141 e. The SMILES string of the molecule is OC1CCN(Cc2cncc(-c3ccc4n[nH]c(C5Nc6cncc(N7CCNCC7)c6N5)c4c3)c2)CC1. The Morgan fingerprint density at radius 1 is 0.895 bits per heavy atom. The van der Waals surface area contributed by atoms with Gasteiger partial charge in [-0.1, -0.05) is 6.07 Å². The Kier molecular flexibility index (Phi) is 6.07. The molecule has 0 bridgehead atoms. The van der Waals surface area contributed by atoms with E-state index in [1.807, 2.05) is 24.8 Å². The molecule has 4 aromatic rings. The summed E-state index contributed by atoms with van der Waals surface area (Å²) in [6.45, 7) is 6.58. The first-order chi connectivity index (χ1) is 18.7. The molecule has 1 atom stereocenters. The zero-order valence-corrected chi connectivity index (χ0v) is 21.3. The predicted octanol–water partition coefficient (Wildman–Crippen LogP) is 2.92. The van der Waals surface area contributed by atoms with Gasteiger partial charge in [0.1, 0.15) is 6.17 Å². The molecular formula is C28H33N9O. The number of hydrogen-bond donors (Lipinski definition) is 5. The smallest absolute Gasteiger partial charge is 0.141 e. The van der Waals surface area contributed by atoms with Crippen LogP contribution in [0.25, 0.3) is 22.0 Å². The number of rotatable bonds is 5. The lowest BCUT2D eigenvalue weighted by molar-refractivity contribution is 0.0792. The molecule has 2 saturated heterocycles. The van der Waals surface area contributed by atoms with E-state index in [2.05, 4.69) is 70.2 Å². The number of aliphatic hydroxyl groups excluding tert-OH is 1. The molecule has 0 amide bonds. The first-order valence-electron chi connectivity index (χ1n) is 13.5. The van der Waals surface area contributed by atoms with Crippen molar-refractivity contribution in [3.8, 4) is 11.1 Å². The molecular weight excluding hydrogens is 478 g/mol. The second kappa shape index (κ2) is 9.86. The number of pyridine rings is 2. The van der Waals surface area contributed by atoms with Crippen LogP contribution in [0.4, 0.5) is 17.1 Å². The Labute approximate surface area is 221 Å². The Morgan fingerprint density at radius 2 is 1.74 bits per heavy atom. The number of aromatic amines is 1. The summed E-state index contributed by atoms with van der Waals surface area (Å²) in [5.41, 5.74) is 8.56. The van der Waals surface area contributed by atoms with Crippen LogP contribution in [0.15, 0.2) is 49.1 Å². The molecule has 1 unspecified atom stereocenters. The summed E-state index contributed by atoms with van der Waals surface area (Å²) in [4.78, 5) is 13.8. The third kappa shape index (κ3) is 4.44. The fourth-order valence-electron chi connectivity index (χ4n) is 5.83. The lowest BCUT2D eigenvalue weighted by Gasteiger charge is -2.30. The summed E-state index contributed by atoms with van der Waals surface area (Å²) < 4.78 is 0. The van der Waals surface area contributed by atoms with Gasteiger partial charge in [-0.2, -0.15) is 5.10 Å². The van der Waals surface area contributed by atoms with E-state index < -0.39 is 0 Å². The summed E-state index contributed by atoms with van der Waals surface area (Å²) >= 11 is 0. The minimum Gasteiger partial charge on any atom is -0.393 e. The highest BCUT2D eigenvalue weighted by molar-refractivity contribution is 5.91. The Morgan fingerprint density at radius 3 is 2.61 bits per heavy atom. The maximum atomic E-state index is 9.82. The van der Waals surface area contributed by atoms with Crippen LogP contribution >= 0.6 is 0 Å². The summed E-state index contributed by atoms with van der Waals surface area (Å²) in [7, 11) is 0. The number of hydrogen-bond acceptors (Lipinski definition) is 9. The second-order valence-electron chi connectivity index (χ2n) is 10.5. The monoisotopic (exact) mass is 511 g/mol. The van der Waals surface area contributed by atoms with Crippen molar-refractivity contribution in [2.45, 2.75) is 31.7 Å². The molecule has 10 nitrogen and oxygen atoms in total. The van der Waals surface area contributed by atoms with E-state index in [0.717, 1.165) is 103 Å². The Bertz CT molecular complexity index is 1440. The zero-order valence-electron chi connectivity index (χ0n) is 21.3. The molecule has 7 rings (SSSR count). The molecule has 0 saturated carbocycles. The fourth-order valence-corrected chi connectivity index (χ4v) is 5.83. The maximum absolute atomic E-state index is 9.82. The van der Waals surface area contributed by atoms with Crippen molar-refractivity contribution in [2.24, 2.45) is 0 Å². The number of nitrogens with one attached hydrogen (secondary N) is 4. The van der Waals surface area contributed by atoms with E-state index in [1.165, 1.54) is 5.56 Å². The first-order valence-corrected chi connectivity index (χ1v) is 13.5. The van der Waals surface area contributed by atoms with E-state index in [1.54, 1.807) is 0 Å². The molecule has 6 heterocycles. The molecule has 0 spiro atoms. The van der Waals surface area contributed by atoms with Gasteiger partial charge in [0.2, 0.25) is 0 Å². The number of benzene rings is 1. The summed E-state index contributed by atoms with van der Waals surface area (Å²) in [5, 5.41) is 29.5. The number of aromatic nitrogens is 4. The lowest BCUT2D eigenvalue weighted by atomic mass is 10.0. The van der Waals surface area contributed by atoms with E-state index in [4.69, 9.17) is 0 Å². The van der Waals surface area contributed by atoms with Crippen LogP contribution in [0.5, 0.6) is 0 Å². The number of aliphatic hydroxyl groups is 1. The van der Waals surface area contributed by atoms with E-state index in [9.17, 15) is 5.11 Å². The van der Waals surface area contributed by atoms with Crippen LogP contribution in [0.2, 0.25) is 0 Å². The summed E-state index contributed by atoms with van der Waals surface area (Å²) in [6.07, 6.45) is 9.11. The van der Waals surface area contributed by atoms with Crippen LogP contribution in [-0.2, 0) is 6.54 Å². The van der Waals surface area contributed by atoms with Gasteiger partial charge < -0.3 is 26.0 Å². The van der Waals surface area contributed by atoms with Gasteiger partial charge in [0.05, 0.1) is 46.8 Å². The quantitative estimate of drug-likeness (QED) is 0.276. The van der Waals surface area contributed by atoms with E-state index >= 15 is 0 Å². The predicted molar refractivity (Wildman–Crippen MR) is 149 cm³/mol. The molecule has 3 aliphatic rings. The molecule has 10 heteroatoms. The number of piperidine rings is 1. The average molecular weight is 512 g/mol. The molecule has 2 fully saturated rings. The average Bonchev–Trinajstić information content (AvgIpc) is 3.58. The molecule has 5 N–H and O–H groups in total. The van der Waals surface area contributed by atoms with Crippen molar-refractivity contribution >= 4 is 28.0 Å². The largest absolute Gasteiger partial charge is 0.393 e. The third-order valence-corrected chi connectivity index (χ3v) is 7.94. The number of piperazine rings is 1. The van der Waals surface area contributed by atoms with Crippen LogP contribution in [-0.4, -0.2) is 75.5 Å². The molecule has 0 radical (unpaired) electrons. The van der Waals surface area contributed by atoms with E-state index in [0.29, 0.717) is 0 Å². The minimum atomic E-state index is -0.159. The topological polar surface area (TPSA) is 117 Å². The Balaban J connectivity index is 1.14. The van der Waals surface area contributed by atoms with Crippen LogP contribution in [0.1, 0.15) is 30.3 Å². The molecule has 38 heavy (non-hydrogen) atoms. The highest BCUT2D eigenvalue weighted by Crippen LogP contribution is 2.42. The van der Waals surface area contributed by atoms with Crippen LogP contribution in [0, 0.1) is 0 Å². The van der Waals surface area contributed by atoms with Gasteiger partial charge in [-0.3, -0.25) is 20.0 Å². The zero-order chi connectivity index (χ0) is 25.5. The van der Waals surface area contributed by atoms with Gasteiger partial charge in [-0.15, -0.1) is 0 Å². The van der Waals surface area contributed by atoms with Crippen molar-refractivity contribution in [3.05, 3.63) is 60.3 Å². The van der Waals surface area contributed by atoms with Gasteiger partial charge in [0.25, 0.3) is 0 Å². The molecule has 3 aromatic heterocycles. The number of nitrogens with zero attached hydrogens (tertiary/aromatic N) is 5. The lowest BCUT2D eigenvalue weighted by Crippen LogP contribution is -2.43. The van der Waals surface area contributed by atoms with Crippen molar-refractivity contribution in [1.82, 2.24) is 30.4 Å². The summed E-state index contributed by atoms with van der Waals surface area (Å²) in [6, 6.07) is 8.61. The van der Waals surface area contributed by atoms with Crippen LogP contribution < -0.4 is 20.9 Å². The van der Waals surface area contributed by atoms with Crippen molar-refractivity contribution in [2.75, 3.05) is 54.8 Å². The normalized spacial score (nSPS) is 20.3. The third-order valence-electron chi connectivity index (χ3n) is 7.94. The number of H-pyrrole nitrogens is 1. The van der Waals surface area contributed by atoms with Gasteiger partial charge in [-0.25, -0.2) is 0 Å². The number of fused-ring (bicyclic) bond motifs is 2. The molecule has 1 aromatic carbocycles. The van der Waals surface area contributed by atoms with Gasteiger partial charge >= 0.3 is 0 Å². The number of anilines is 3. The second-order valence-corrected chi connectivity index (χ2v) is 10.5. The minimum absolute atomic E-state index is 0.130. The first kappa shape index (κ1) is 23.4. The van der Waals surface area contributed by atoms with Crippen molar-refractivity contribution in [3.63, 3.8) is 0 Å². The highest BCUT2D eigenvalue weighted by atomic mass is 16.3. The van der Waals surface area contributed by atoms with Crippen molar-refractivity contribution in [1.29, 1.82) is 0 Å². The van der Waals surface area contributed by atoms with E-state index in [-0.39, 0.29) is 12.3 Å². The van der Waals surface area contributed by atoms with Gasteiger partial charge in [-0.05, 0) is 42.2 Å². The Hall–Kier alpha value is -3.73. The highest BCUT2D eigenvalue weighted by Gasteiger charge is 2.29. The molecule has 3 aliphatic heterocycles. The van der Waals surface area contributed by atoms with Crippen LogP contribution in [0.3, 0.4) is 0 Å². The fraction of sp³-hybridized carbons (Fsp3) is 0.393. The summed E-state index contributed by atoms with van der Waals surface area (Å²) in [5.74, 6) is 0. The standard InChI is InChI=1S/C28H33N9O/c38-21-3-7-36(8-4-21)17-18-11-20(14-30-13-18)19-1-2-23-22(12-19)26(35-34-23)28-32-24-15-31-16-25(27(24)33-28)37-9-5-29-6-10-37/h1-2,11-16,21,28-29,32-33,38H,3-10,17H2,(H,34,35). The molecule has 0 aliphatic carbocycles. The van der Waals surface area contributed by atoms with Gasteiger partial charge in [0.15, 0.2) is 0 Å². The van der Waals surface area contributed by atoms with Gasteiger partial charge in [0, 0.05) is 69.2 Å². The number of likely N-dealkylation sites (tertiary alicyclic amines) is 1.